The molecule has 6 rings (SSSR count). The summed E-state index contributed by atoms with van der Waals surface area (Å²) in [5.41, 5.74) is 6.81. The van der Waals surface area contributed by atoms with Crippen LogP contribution in [0.3, 0.4) is 0 Å². The van der Waals surface area contributed by atoms with Gasteiger partial charge in [0.25, 0.3) is 0 Å². The van der Waals surface area contributed by atoms with Gasteiger partial charge in [-0.25, -0.2) is 9.48 Å². The number of amides is 2. The van der Waals surface area contributed by atoms with Gasteiger partial charge in [-0.2, -0.15) is 5.10 Å². The zero-order valence-corrected chi connectivity index (χ0v) is 30.0. The highest BCUT2D eigenvalue weighted by Crippen LogP contribution is 2.40. The largest absolute Gasteiger partial charge is 0.372 e. The number of fused-ring (bicyclic) bond motifs is 2. The highest BCUT2D eigenvalue weighted by molar-refractivity contribution is 5.99. The van der Waals surface area contributed by atoms with Crippen LogP contribution in [0.5, 0.6) is 0 Å². The van der Waals surface area contributed by atoms with E-state index in [0.717, 1.165) is 55.0 Å². The fourth-order valence-electron chi connectivity index (χ4n) is 7.57. The summed E-state index contributed by atoms with van der Waals surface area (Å²) in [4.78, 5) is 31.2. The van der Waals surface area contributed by atoms with Gasteiger partial charge >= 0.3 is 6.03 Å². The Balaban J connectivity index is 1.02. The Morgan fingerprint density at radius 2 is 1.49 bits per heavy atom. The summed E-state index contributed by atoms with van der Waals surface area (Å²) in [7, 11) is 0. The Morgan fingerprint density at radius 3 is 2.08 bits per heavy atom. The number of nitrogens with one attached hydrogen (secondary N) is 2. The van der Waals surface area contributed by atoms with Crippen molar-refractivity contribution in [1.82, 2.24) is 14.7 Å². The predicted octanol–water partition coefficient (Wildman–Crippen LogP) is 8.64. The summed E-state index contributed by atoms with van der Waals surface area (Å²) < 4.78 is 1.79. The normalized spacial score (nSPS) is 19.1. The van der Waals surface area contributed by atoms with Gasteiger partial charge in [-0.3, -0.25) is 15.0 Å². The molecule has 2 N–H and O–H groups in total. The Hall–Kier alpha value is -4.43. The first-order chi connectivity index (χ1) is 23.5. The molecule has 2 saturated heterocycles. The molecule has 2 atom stereocenters. The maximum Gasteiger partial charge on any atom is 0.324 e. The lowest BCUT2D eigenvalue weighted by Crippen LogP contribution is -2.45. The summed E-state index contributed by atoms with van der Waals surface area (Å²) in [5, 5.41) is 10.8. The number of carbonyl (C=O) groups excluding carboxylic acids is 2. The zero-order chi connectivity index (χ0) is 34.7. The number of piperidine rings is 1. The number of Topliss-reactive ketones (excluding diaryl/α,β-unsaturated/α-hetero) is 1. The van der Waals surface area contributed by atoms with Crippen LogP contribution in [-0.2, 0) is 11.8 Å². The Kier molecular flexibility index (Phi) is 10.3. The van der Waals surface area contributed by atoms with Gasteiger partial charge in [-0.15, -0.1) is 0 Å². The van der Waals surface area contributed by atoms with E-state index in [2.05, 4.69) is 86.2 Å². The number of urea groups is 1. The summed E-state index contributed by atoms with van der Waals surface area (Å²) in [6, 6.07) is 27.1. The monoisotopic (exact) mass is 660 g/mol. The SMILES string of the molecule is CCN(CC)c1ccc(C(=O)CN2C3CCC2CC(Cc2ccc(NC(=O)Nc4cc(C(C)(C)C)nn4-c4ccc(C)cc4)cc2)C3)cc1. The summed E-state index contributed by atoms with van der Waals surface area (Å²) in [6.45, 7) is 15.1. The van der Waals surface area contributed by atoms with Crippen molar-refractivity contribution in [2.24, 2.45) is 5.92 Å². The van der Waals surface area contributed by atoms with Crippen LogP contribution < -0.4 is 15.5 Å². The van der Waals surface area contributed by atoms with E-state index in [1.807, 2.05) is 54.6 Å². The Morgan fingerprint density at radius 1 is 0.857 bits per heavy atom. The number of ketones is 1. The molecule has 8 heteroatoms. The second-order valence-corrected chi connectivity index (χ2v) is 14.9. The molecule has 2 fully saturated rings. The van der Waals surface area contributed by atoms with Crippen molar-refractivity contribution in [3.8, 4) is 5.69 Å². The smallest absolute Gasteiger partial charge is 0.324 e. The number of aryl methyl sites for hydroxylation is 1. The molecule has 3 heterocycles. The molecule has 2 amide bonds. The number of hydrogen-bond acceptors (Lipinski definition) is 5. The second-order valence-electron chi connectivity index (χ2n) is 14.9. The van der Waals surface area contributed by atoms with Crippen LogP contribution in [-0.4, -0.2) is 58.2 Å². The Labute approximate surface area is 291 Å². The minimum Gasteiger partial charge on any atom is -0.372 e. The van der Waals surface area contributed by atoms with Crippen LogP contribution in [0.2, 0.25) is 0 Å². The van der Waals surface area contributed by atoms with Crippen molar-refractivity contribution in [1.29, 1.82) is 0 Å². The molecule has 2 bridgehead atoms. The van der Waals surface area contributed by atoms with Crippen LogP contribution in [0, 0.1) is 12.8 Å². The second kappa shape index (κ2) is 14.6. The van der Waals surface area contributed by atoms with E-state index >= 15 is 0 Å². The molecule has 3 aromatic carbocycles. The fraction of sp³-hybridized carbons (Fsp3) is 0.439. The lowest BCUT2D eigenvalue weighted by molar-refractivity contribution is 0.0744. The standard InChI is InChI=1S/C41H52N6O2/c1-7-45(8-2)33-19-13-31(14-20-33)37(48)27-46-35-21-22-36(46)25-30(24-35)23-29-11-15-32(16-12-29)42-40(49)43-39-26-38(41(4,5)6)44-47(39)34-17-9-28(3)10-18-34/h9-20,26,30,35-36H,7-8,21-25,27H2,1-6H3,(H2,42,43,49). The number of aromatic nitrogens is 2. The molecule has 0 saturated carbocycles. The molecule has 4 aromatic rings. The van der Waals surface area contributed by atoms with Crippen LogP contribution >= 0.6 is 0 Å². The van der Waals surface area contributed by atoms with Crippen LogP contribution in [0.4, 0.5) is 22.0 Å². The molecule has 258 valence electrons. The molecule has 0 aliphatic carbocycles. The number of anilines is 3. The van der Waals surface area contributed by atoms with Gasteiger partial charge in [0.2, 0.25) is 0 Å². The van der Waals surface area contributed by atoms with Gasteiger partial charge in [-0.1, -0.05) is 50.6 Å². The topological polar surface area (TPSA) is 82.5 Å². The maximum atomic E-state index is 13.3. The van der Waals surface area contributed by atoms with Crippen molar-refractivity contribution < 1.29 is 9.59 Å². The van der Waals surface area contributed by atoms with Crippen molar-refractivity contribution in [3.05, 3.63) is 101 Å². The first-order valence-electron chi connectivity index (χ1n) is 18.0. The number of benzene rings is 3. The third kappa shape index (κ3) is 8.07. The Bertz CT molecular complexity index is 1720. The summed E-state index contributed by atoms with van der Waals surface area (Å²) in [6.07, 6.45) is 5.61. The van der Waals surface area contributed by atoms with Crippen molar-refractivity contribution >= 4 is 29.0 Å². The zero-order valence-electron chi connectivity index (χ0n) is 30.0. The average Bonchev–Trinajstić information content (AvgIpc) is 3.60. The van der Waals surface area contributed by atoms with E-state index in [1.54, 1.807) is 4.68 Å². The third-order valence-electron chi connectivity index (χ3n) is 10.4. The van der Waals surface area contributed by atoms with E-state index in [1.165, 1.54) is 29.7 Å². The van der Waals surface area contributed by atoms with E-state index < -0.39 is 0 Å². The first-order valence-corrected chi connectivity index (χ1v) is 18.0. The van der Waals surface area contributed by atoms with Gasteiger partial charge in [0.1, 0.15) is 5.82 Å². The summed E-state index contributed by atoms with van der Waals surface area (Å²) in [5.74, 6) is 1.44. The van der Waals surface area contributed by atoms with Crippen LogP contribution in [0.25, 0.3) is 5.69 Å². The minimum absolute atomic E-state index is 0.162. The molecule has 2 aliphatic rings. The highest BCUT2D eigenvalue weighted by atomic mass is 16.2. The number of nitrogens with zero attached hydrogens (tertiary/aromatic N) is 4. The first kappa shape index (κ1) is 34.4. The number of carbonyl (C=O) groups is 2. The van der Waals surface area contributed by atoms with Gasteiger partial charge in [-0.05, 0) is 113 Å². The molecule has 0 spiro atoms. The quantitative estimate of drug-likeness (QED) is 0.157. The lowest BCUT2D eigenvalue weighted by Gasteiger charge is -2.38. The summed E-state index contributed by atoms with van der Waals surface area (Å²) >= 11 is 0. The predicted molar refractivity (Wildman–Crippen MR) is 200 cm³/mol. The van der Waals surface area contributed by atoms with Gasteiger partial charge in [0.05, 0.1) is 17.9 Å². The molecule has 2 unspecified atom stereocenters. The molecule has 8 nitrogen and oxygen atoms in total. The van der Waals surface area contributed by atoms with Gasteiger partial charge in [0.15, 0.2) is 5.78 Å². The molecule has 1 aromatic heterocycles. The van der Waals surface area contributed by atoms with Crippen molar-refractivity contribution in [3.63, 3.8) is 0 Å². The van der Waals surface area contributed by atoms with Crippen molar-refractivity contribution in [2.75, 3.05) is 35.2 Å². The van der Waals surface area contributed by atoms with Gasteiger partial charge < -0.3 is 10.2 Å². The van der Waals surface area contributed by atoms with Gasteiger partial charge in [0, 0.05) is 53.6 Å². The molecular formula is C41H52N6O2. The number of rotatable bonds is 11. The van der Waals surface area contributed by atoms with E-state index in [-0.39, 0.29) is 17.2 Å². The third-order valence-corrected chi connectivity index (χ3v) is 10.4. The van der Waals surface area contributed by atoms with E-state index in [4.69, 9.17) is 5.10 Å². The molecule has 2 aliphatic heterocycles. The lowest BCUT2D eigenvalue weighted by atomic mass is 9.85. The van der Waals surface area contributed by atoms with E-state index in [0.29, 0.717) is 30.4 Å². The molecule has 49 heavy (non-hydrogen) atoms. The maximum absolute atomic E-state index is 13.3. The minimum atomic E-state index is -0.306. The van der Waals surface area contributed by atoms with Crippen LogP contribution in [0.1, 0.15) is 87.5 Å². The molecule has 0 radical (unpaired) electrons. The fourth-order valence-corrected chi connectivity index (χ4v) is 7.57. The highest BCUT2D eigenvalue weighted by Gasteiger charge is 2.41. The number of hydrogen-bond donors (Lipinski definition) is 2. The van der Waals surface area contributed by atoms with E-state index in [9.17, 15) is 9.59 Å². The average molecular weight is 661 g/mol. The van der Waals surface area contributed by atoms with Crippen molar-refractivity contribution in [2.45, 2.75) is 91.1 Å². The molecular weight excluding hydrogens is 608 g/mol. The van der Waals surface area contributed by atoms with Crippen LogP contribution in [0.15, 0.2) is 78.9 Å².